The molecule has 0 aliphatic heterocycles. The Morgan fingerprint density at radius 2 is 1.10 bits per heavy atom. The first-order valence-corrected chi connectivity index (χ1v) is 6.88. The normalized spacial score (nSPS) is 17.4. The van der Waals surface area contributed by atoms with E-state index in [1.54, 1.807) is 13.8 Å². The van der Waals surface area contributed by atoms with E-state index in [9.17, 15) is 10.2 Å². The minimum absolute atomic E-state index is 0.173. The molecule has 0 spiro atoms. The third-order valence-corrected chi connectivity index (χ3v) is 2.54. The molecule has 21 heavy (non-hydrogen) atoms. The molecule has 0 saturated carbocycles. The van der Waals surface area contributed by atoms with Crippen LogP contribution in [0.4, 0.5) is 0 Å². The van der Waals surface area contributed by atoms with E-state index in [2.05, 4.69) is 10.9 Å². The molecule has 9 heteroatoms. The van der Waals surface area contributed by atoms with Crippen LogP contribution < -0.4 is 22.5 Å². The Balaban J connectivity index is 3.37. The van der Waals surface area contributed by atoms with E-state index >= 15 is 0 Å². The quantitative estimate of drug-likeness (QED) is 0.116. The topological polar surface area (TPSA) is 144 Å². The summed E-state index contributed by atoms with van der Waals surface area (Å²) in [5, 5.41) is 19.5. The van der Waals surface area contributed by atoms with E-state index < -0.39 is 11.2 Å². The Morgan fingerprint density at radius 3 is 1.43 bits per heavy atom. The van der Waals surface area contributed by atoms with Crippen molar-refractivity contribution in [3.05, 3.63) is 0 Å². The van der Waals surface area contributed by atoms with Crippen LogP contribution in [0.2, 0.25) is 0 Å². The fraction of sp³-hybridized carbons (Fsp3) is 1.00. The molecule has 0 aromatic carbocycles. The molecule has 8 N–H and O–H groups in total. The minimum Gasteiger partial charge on any atom is -0.386 e. The summed E-state index contributed by atoms with van der Waals surface area (Å²) in [7, 11) is 0. The molecule has 0 rings (SSSR count). The van der Waals surface area contributed by atoms with Crippen LogP contribution in [0.25, 0.3) is 0 Å². The predicted octanol–water partition coefficient (Wildman–Crippen LogP) is -2.54. The van der Waals surface area contributed by atoms with Crippen molar-refractivity contribution in [2.24, 2.45) is 11.7 Å². The van der Waals surface area contributed by atoms with Gasteiger partial charge in [0, 0.05) is 13.1 Å². The largest absolute Gasteiger partial charge is 0.386 e. The van der Waals surface area contributed by atoms with Crippen LogP contribution in [-0.4, -0.2) is 74.1 Å². The van der Waals surface area contributed by atoms with E-state index in [0.29, 0.717) is 26.4 Å². The van der Waals surface area contributed by atoms with Gasteiger partial charge in [-0.25, -0.2) is 0 Å². The van der Waals surface area contributed by atoms with Crippen LogP contribution in [0.3, 0.4) is 0 Å². The molecule has 0 aliphatic carbocycles. The number of nitrogens with two attached hydrogens (primary N) is 2. The van der Waals surface area contributed by atoms with Gasteiger partial charge < -0.3 is 24.4 Å². The monoisotopic (exact) mass is 310 g/mol. The van der Waals surface area contributed by atoms with Gasteiger partial charge in [0.25, 0.3) is 0 Å². The second-order valence-electron chi connectivity index (χ2n) is 5.47. The molecule has 0 heterocycles. The number of hydrazine groups is 2. The molecule has 0 fully saturated rings. The molecule has 0 aromatic heterocycles. The molecule has 2 unspecified atom stereocenters. The number of nitrogens with one attached hydrogen (secondary N) is 2. The van der Waals surface area contributed by atoms with Crippen molar-refractivity contribution in [3.8, 4) is 0 Å². The van der Waals surface area contributed by atoms with Gasteiger partial charge in [0.2, 0.25) is 0 Å². The minimum atomic E-state index is -1.000. The maximum Gasteiger partial charge on any atom is 0.0989 e. The van der Waals surface area contributed by atoms with Crippen LogP contribution >= 0.6 is 0 Å². The average Bonchev–Trinajstić information content (AvgIpc) is 2.36. The maximum absolute atomic E-state index is 9.74. The summed E-state index contributed by atoms with van der Waals surface area (Å²) in [4.78, 5) is 0. The summed E-state index contributed by atoms with van der Waals surface area (Å²) >= 11 is 0. The second kappa shape index (κ2) is 11.2. The molecule has 0 bridgehead atoms. The zero-order valence-electron chi connectivity index (χ0n) is 12.9. The van der Waals surface area contributed by atoms with E-state index in [1.807, 2.05) is 0 Å². The highest BCUT2D eigenvalue weighted by Gasteiger charge is 2.20. The fourth-order valence-electron chi connectivity index (χ4n) is 1.46. The van der Waals surface area contributed by atoms with Crippen LogP contribution in [-0.2, 0) is 14.2 Å². The first-order valence-electron chi connectivity index (χ1n) is 6.88. The highest BCUT2D eigenvalue weighted by Crippen LogP contribution is 2.02. The Bertz CT molecular complexity index is 230. The van der Waals surface area contributed by atoms with Crippen LogP contribution in [0.5, 0.6) is 0 Å². The van der Waals surface area contributed by atoms with Crippen molar-refractivity contribution in [2.75, 3.05) is 52.7 Å². The SMILES string of the molecule is CC(O)(CNN)COCCOCCOCC(C)(O)CNN. The van der Waals surface area contributed by atoms with Gasteiger partial charge >= 0.3 is 0 Å². The van der Waals surface area contributed by atoms with Gasteiger partial charge in [-0.2, -0.15) is 0 Å². The summed E-state index contributed by atoms with van der Waals surface area (Å²) < 4.78 is 15.8. The van der Waals surface area contributed by atoms with Crippen molar-refractivity contribution >= 4 is 0 Å². The Labute approximate surface area is 125 Å². The average molecular weight is 310 g/mol. The van der Waals surface area contributed by atoms with Crippen molar-refractivity contribution in [3.63, 3.8) is 0 Å². The first kappa shape index (κ1) is 20.6. The molecule has 0 saturated heterocycles. The van der Waals surface area contributed by atoms with Gasteiger partial charge in [0.15, 0.2) is 0 Å². The van der Waals surface area contributed by atoms with Crippen LogP contribution in [0, 0.1) is 0 Å². The predicted molar refractivity (Wildman–Crippen MR) is 78.1 cm³/mol. The van der Waals surface area contributed by atoms with Gasteiger partial charge in [-0.1, -0.05) is 0 Å². The van der Waals surface area contributed by atoms with Crippen molar-refractivity contribution < 1.29 is 24.4 Å². The van der Waals surface area contributed by atoms with Crippen molar-refractivity contribution in [1.29, 1.82) is 0 Å². The molecular weight excluding hydrogens is 280 g/mol. The lowest BCUT2D eigenvalue weighted by Gasteiger charge is -2.22. The number of aliphatic hydroxyl groups is 2. The summed E-state index contributed by atoms with van der Waals surface area (Å²) in [5.41, 5.74) is 2.79. The molecule has 128 valence electrons. The Morgan fingerprint density at radius 1 is 0.762 bits per heavy atom. The van der Waals surface area contributed by atoms with Gasteiger partial charge in [-0.15, -0.1) is 0 Å². The smallest absolute Gasteiger partial charge is 0.0989 e. The Kier molecular flexibility index (Phi) is 11.0. The van der Waals surface area contributed by atoms with E-state index in [-0.39, 0.29) is 26.3 Å². The van der Waals surface area contributed by atoms with Crippen LogP contribution in [0.15, 0.2) is 0 Å². The summed E-state index contributed by atoms with van der Waals surface area (Å²) in [6.07, 6.45) is 0. The van der Waals surface area contributed by atoms with E-state index in [0.717, 1.165) is 0 Å². The molecule has 2 atom stereocenters. The van der Waals surface area contributed by atoms with Gasteiger partial charge in [-0.3, -0.25) is 22.5 Å². The fourth-order valence-corrected chi connectivity index (χ4v) is 1.46. The highest BCUT2D eigenvalue weighted by atomic mass is 16.5. The summed E-state index contributed by atoms with van der Waals surface area (Å²) in [6.45, 7) is 5.64. The lowest BCUT2D eigenvalue weighted by molar-refractivity contribution is -0.0621. The number of rotatable bonds is 14. The summed E-state index contributed by atoms with van der Waals surface area (Å²) in [6, 6.07) is 0. The van der Waals surface area contributed by atoms with E-state index in [4.69, 9.17) is 25.9 Å². The molecule has 0 aliphatic rings. The van der Waals surface area contributed by atoms with Gasteiger partial charge in [-0.05, 0) is 13.8 Å². The highest BCUT2D eigenvalue weighted by molar-refractivity contribution is 4.73. The first-order chi connectivity index (χ1) is 9.83. The van der Waals surface area contributed by atoms with Crippen molar-refractivity contribution in [2.45, 2.75) is 25.0 Å². The van der Waals surface area contributed by atoms with Crippen LogP contribution in [0.1, 0.15) is 13.8 Å². The standard InChI is InChI=1S/C12H30N4O5/c1-11(17,7-15-13)9-20-5-3-19-4-6-21-10-12(2,18)8-16-14/h15-18H,3-10,13-14H2,1-2H3. The zero-order chi connectivity index (χ0) is 16.2. The molecule has 0 aromatic rings. The number of ether oxygens (including phenoxy) is 3. The molecular formula is C12H30N4O5. The zero-order valence-corrected chi connectivity index (χ0v) is 12.9. The van der Waals surface area contributed by atoms with Gasteiger partial charge in [0.1, 0.15) is 0 Å². The number of hydrogen-bond acceptors (Lipinski definition) is 9. The third kappa shape index (κ3) is 13.1. The molecule has 0 radical (unpaired) electrons. The summed E-state index contributed by atoms with van der Waals surface area (Å²) in [5.74, 6) is 10.3. The third-order valence-electron chi connectivity index (χ3n) is 2.54. The number of hydrogen-bond donors (Lipinski definition) is 6. The Hall–Kier alpha value is -0.360. The molecule has 0 amide bonds. The second-order valence-corrected chi connectivity index (χ2v) is 5.47. The maximum atomic E-state index is 9.74. The lowest BCUT2D eigenvalue weighted by atomic mass is 10.1. The molecule has 9 nitrogen and oxygen atoms in total. The lowest BCUT2D eigenvalue weighted by Crippen LogP contribution is -2.44. The van der Waals surface area contributed by atoms with Crippen molar-refractivity contribution in [1.82, 2.24) is 10.9 Å². The van der Waals surface area contributed by atoms with E-state index in [1.165, 1.54) is 0 Å². The van der Waals surface area contributed by atoms with Gasteiger partial charge in [0.05, 0.1) is 50.8 Å².